The van der Waals surface area contributed by atoms with E-state index in [-0.39, 0.29) is 18.6 Å². The van der Waals surface area contributed by atoms with Crippen LogP contribution in [0.5, 0.6) is 0 Å². The lowest BCUT2D eigenvalue weighted by Gasteiger charge is -2.19. The summed E-state index contributed by atoms with van der Waals surface area (Å²) in [5, 5.41) is 14.2. The Balaban J connectivity index is 2.44. The zero-order chi connectivity index (χ0) is 14.1. The number of rotatable bonds is 6. The van der Waals surface area contributed by atoms with E-state index >= 15 is 0 Å². The molecule has 0 aliphatic heterocycles. The molecule has 104 valence electrons. The van der Waals surface area contributed by atoms with Crippen LogP contribution in [0.15, 0.2) is 35.5 Å². The maximum absolute atomic E-state index is 11.6. The van der Waals surface area contributed by atoms with Gasteiger partial charge in [-0.1, -0.05) is 55.8 Å². The second-order valence-corrected chi connectivity index (χ2v) is 4.38. The minimum atomic E-state index is -0.519. The third-order valence-electron chi connectivity index (χ3n) is 2.98. The van der Waals surface area contributed by atoms with Crippen molar-refractivity contribution in [2.75, 3.05) is 0 Å². The highest BCUT2D eigenvalue weighted by Crippen LogP contribution is 2.07. The van der Waals surface area contributed by atoms with Crippen LogP contribution in [0.25, 0.3) is 0 Å². The van der Waals surface area contributed by atoms with E-state index in [2.05, 4.69) is 10.5 Å². The standard InChI is InChI=1S/C14H20N2O3/c1-3-11(2)13(9-15-18)16-14(17)19-10-12-7-5-4-6-8-12/h4-9,11,13,18H,3,10H2,1-2H3,(H,16,17)/b15-9+/t11?,13-/m1/s1. The molecule has 1 aromatic rings. The van der Waals surface area contributed by atoms with Crippen LogP contribution < -0.4 is 5.32 Å². The molecule has 0 bridgehead atoms. The molecule has 0 fully saturated rings. The first-order valence-corrected chi connectivity index (χ1v) is 6.32. The monoisotopic (exact) mass is 264 g/mol. The number of nitrogens with one attached hydrogen (secondary N) is 1. The first-order chi connectivity index (χ1) is 9.17. The highest BCUT2D eigenvalue weighted by atomic mass is 16.5. The maximum atomic E-state index is 11.6. The summed E-state index contributed by atoms with van der Waals surface area (Å²) in [6, 6.07) is 9.11. The smallest absolute Gasteiger partial charge is 0.407 e. The lowest BCUT2D eigenvalue weighted by atomic mass is 10.0. The molecule has 0 aliphatic rings. The number of hydrogen-bond acceptors (Lipinski definition) is 4. The number of ether oxygens (including phenoxy) is 1. The van der Waals surface area contributed by atoms with Gasteiger partial charge >= 0.3 is 6.09 Å². The molecule has 0 aromatic heterocycles. The number of carbonyl (C=O) groups is 1. The van der Waals surface area contributed by atoms with Crippen LogP contribution in [-0.4, -0.2) is 23.6 Å². The number of nitrogens with zero attached hydrogens (tertiary/aromatic N) is 1. The Labute approximate surface area is 113 Å². The fraction of sp³-hybridized carbons (Fsp3) is 0.429. The SMILES string of the molecule is CCC(C)[C@@H](/C=N/O)NC(=O)OCc1ccccc1. The van der Waals surface area contributed by atoms with E-state index in [1.165, 1.54) is 6.21 Å². The molecule has 0 saturated heterocycles. The quantitative estimate of drug-likeness (QED) is 0.471. The zero-order valence-electron chi connectivity index (χ0n) is 11.2. The van der Waals surface area contributed by atoms with Crippen molar-refractivity contribution in [3.63, 3.8) is 0 Å². The van der Waals surface area contributed by atoms with E-state index in [1.807, 2.05) is 44.2 Å². The Morgan fingerprint density at radius 3 is 2.74 bits per heavy atom. The molecule has 0 aliphatic carbocycles. The predicted octanol–water partition coefficient (Wildman–Crippen LogP) is 2.79. The van der Waals surface area contributed by atoms with E-state index in [1.54, 1.807) is 0 Å². The van der Waals surface area contributed by atoms with E-state index in [0.29, 0.717) is 0 Å². The van der Waals surface area contributed by atoms with Crippen LogP contribution in [0, 0.1) is 5.92 Å². The van der Waals surface area contributed by atoms with Crippen molar-refractivity contribution in [1.29, 1.82) is 0 Å². The van der Waals surface area contributed by atoms with Crippen molar-refractivity contribution in [2.24, 2.45) is 11.1 Å². The molecule has 1 aromatic carbocycles. The van der Waals surface area contributed by atoms with Crippen molar-refractivity contribution in [3.05, 3.63) is 35.9 Å². The second-order valence-electron chi connectivity index (χ2n) is 4.38. The van der Waals surface area contributed by atoms with E-state index in [0.717, 1.165) is 12.0 Å². The molecule has 0 spiro atoms. The topological polar surface area (TPSA) is 70.9 Å². The van der Waals surface area contributed by atoms with Gasteiger partial charge in [-0.2, -0.15) is 0 Å². The van der Waals surface area contributed by atoms with Crippen molar-refractivity contribution in [2.45, 2.75) is 32.9 Å². The summed E-state index contributed by atoms with van der Waals surface area (Å²) < 4.78 is 5.11. The summed E-state index contributed by atoms with van der Waals surface area (Å²) in [6.45, 7) is 4.18. The summed E-state index contributed by atoms with van der Waals surface area (Å²) in [6.07, 6.45) is 1.64. The van der Waals surface area contributed by atoms with Crippen molar-refractivity contribution >= 4 is 12.3 Å². The Morgan fingerprint density at radius 1 is 1.47 bits per heavy atom. The second kappa shape index (κ2) is 8.13. The van der Waals surface area contributed by atoms with Gasteiger partial charge in [0.15, 0.2) is 0 Å². The Hall–Kier alpha value is -2.04. The third-order valence-corrected chi connectivity index (χ3v) is 2.98. The zero-order valence-corrected chi connectivity index (χ0v) is 11.2. The first-order valence-electron chi connectivity index (χ1n) is 6.32. The number of amides is 1. The molecule has 1 rings (SSSR count). The van der Waals surface area contributed by atoms with E-state index in [4.69, 9.17) is 9.94 Å². The van der Waals surface area contributed by atoms with E-state index in [9.17, 15) is 4.79 Å². The predicted molar refractivity (Wildman–Crippen MR) is 73.3 cm³/mol. The van der Waals surface area contributed by atoms with Crippen LogP contribution in [0.2, 0.25) is 0 Å². The molecule has 2 N–H and O–H groups in total. The molecular weight excluding hydrogens is 244 g/mol. The van der Waals surface area contributed by atoms with E-state index < -0.39 is 6.09 Å². The van der Waals surface area contributed by atoms with Gasteiger partial charge in [0.2, 0.25) is 0 Å². The van der Waals surface area contributed by atoms with Gasteiger partial charge in [0.25, 0.3) is 0 Å². The fourth-order valence-corrected chi connectivity index (χ4v) is 1.55. The lowest BCUT2D eigenvalue weighted by Crippen LogP contribution is -2.40. The van der Waals surface area contributed by atoms with Crippen LogP contribution >= 0.6 is 0 Å². The Morgan fingerprint density at radius 2 is 2.16 bits per heavy atom. The van der Waals surface area contributed by atoms with Gasteiger partial charge in [0.05, 0.1) is 12.3 Å². The van der Waals surface area contributed by atoms with Gasteiger partial charge in [-0.3, -0.25) is 0 Å². The van der Waals surface area contributed by atoms with Crippen molar-refractivity contribution < 1.29 is 14.7 Å². The van der Waals surface area contributed by atoms with Gasteiger partial charge in [0, 0.05) is 0 Å². The van der Waals surface area contributed by atoms with Gasteiger partial charge in [-0.05, 0) is 11.5 Å². The average molecular weight is 264 g/mol. The molecule has 2 atom stereocenters. The van der Waals surface area contributed by atoms with Gasteiger partial charge in [-0.25, -0.2) is 4.79 Å². The average Bonchev–Trinajstić information content (AvgIpc) is 2.45. The van der Waals surface area contributed by atoms with Crippen LogP contribution in [0.4, 0.5) is 4.79 Å². The van der Waals surface area contributed by atoms with Gasteiger partial charge in [0.1, 0.15) is 6.61 Å². The highest BCUT2D eigenvalue weighted by Gasteiger charge is 2.17. The summed E-state index contributed by atoms with van der Waals surface area (Å²) in [4.78, 5) is 11.6. The fourth-order valence-electron chi connectivity index (χ4n) is 1.55. The van der Waals surface area contributed by atoms with Crippen LogP contribution in [-0.2, 0) is 11.3 Å². The molecule has 0 saturated carbocycles. The summed E-state index contributed by atoms with van der Waals surface area (Å²) >= 11 is 0. The summed E-state index contributed by atoms with van der Waals surface area (Å²) in [5.74, 6) is 0.167. The Bertz CT molecular complexity index is 406. The number of carbonyl (C=O) groups excluding carboxylic acids is 1. The molecule has 1 amide bonds. The van der Waals surface area contributed by atoms with Crippen LogP contribution in [0.3, 0.4) is 0 Å². The van der Waals surface area contributed by atoms with Crippen molar-refractivity contribution in [1.82, 2.24) is 5.32 Å². The molecule has 5 heteroatoms. The maximum Gasteiger partial charge on any atom is 0.407 e. The van der Waals surface area contributed by atoms with Gasteiger partial charge in [-0.15, -0.1) is 0 Å². The molecule has 5 nitrogen and oxygen atoms in total. The molecule has 0 radical (unpaired) electrons. The minimum Gasteiger partial charge on any atom is -0.445 e. The largest absolute Gasteiger partial charge is 0.445 e. The Kier molecular flexibility index (Phi) is 6.43. The minimum absolute atomic E-state index is 0.167. The lowest BCUT2D eigenvalue weighted by molar-refractivity contribution is 0.136. The molecular formula is C14H20N2O3. The summed E-state index contributed by atoms with van der Waals surface area (Å²) in [5.41, 5.74) is 0.925. The summed E-state index contributed by atoms with van der Waals surface area (Å²) in [7, 11) is 0. The number of alkyl carbamates (subject to hydrolysis) is 1. The van der Waals surface area contributed by atoms with Crippen molar-refractivity contribution in [3.8, 4) is 0 Å². The normalized spacial score (nSPS) is 14.0. The molecule has 0 heterocycles. The number of oxime groups is 1. The van der Waals surface area contributed by atoms with Gasteiger partial charge < -0.3 is 15.3 Å². The molecule has 19 heavy (non-hydrogen) atoms. The van der Waals surface area contributed by atoms with Crippen LogP contribution in [0.1, 0.15) is 25.8 Å². The highest BCUT2D eigenvalue weighted by molar-refractivity contribution is 5.75. The number of hydrogen-bond donors (Lipinski definition) is 2. The molecule has 1 unspecified atom stereocenters. The third kappa shape index (κ3) is 5.42. The first kappa shape index (κ1) is 15.0. The number of benzene rings is 1.